The average Bonchev–Trinajstić information content (AvgIpc) is 3.05. The van der Waals surface area contributed by atoms with Gasteiger partial charge >= 0.3 is 0 Å². The average molecular weight is 304 g/mol. The molecular formula is C14H13FN4OS. The monoisotopic (exact) mass is 304 g/mol. The molecule has 0 saturated carbocycles. The fourth-order valence-corrected chi connectivity index (χ4v) is 2.24. The lowest BCUT2D eigenvalue weighted by Gasteiger charge is -2.06. The van der Waals surface area contributed by atoms with Crippen LogP contribution in [-0.2, 0) is 6.54 Å². The van der Waals surface area contributed by atoms with Crippen molar-refractivity contribution in [1.82, 2.24) is 14.9 Å². The summed E-state index contributed by atoms with van der Waals surface area (Å²) in [5, 5.41) is 6.68. The number of aryl methyl sites for hydroxylation is 1. The Morgan fingerprint density at radius 1 is 1.33 bits per heavy atom. The van der Waals surface area contributed by atoms with Gasteiger partial charge < -0.3 is 9.84 Å². The topological polar surface area (TPSA) is 58.8 Å². The van der Waals surface area contributed by atoms with E-state index in [1.54, 1.807) is 35.0 Å². The van der Waals surface area contributed by atoms with Gasteiger partial charge in [-0.1, -0.05) is 12.1 Å². The van der Waals surface area contributed by atoms with Crippen molar-refractivity contribution in [3.63, 3.8) is 0 Å². The Balaban J connectivity index is 1.77. The van der Waals surface area contributed by atoms with E-state index < -0.39 is 0 Å². The van der Waals surface area contributed by atoms with Crippen molar-refractivity contribution in [3.05, 3.63) is 58.6 Å². The SMILES string of the molecule is Cc1n[nH]c(=S)n1NCc1ccc(-c2ccccc2F)o1. The summed E-state index contributed by atoms with van der Waals surface area (Å²) in [5.41, 5.74) is 3.53. The van der Waals surface area contributed by atoms with E-state index >= 15 is 0 Å². The van der Waals surface area contributed by atoms with Crippen LogP contribution >= 0.6 is 12.2 Å². The van der Waals surface area contributed by atoms with Gasteiger partial charge in [-0.3, -0.25) is 5.10 Å². The first-order valence-electron chi connectivity index (χ1n) is 6.36. The molecule has 0 radical (unpaired) electrons. The summed E-state index contributed by atoms with van der Waals surface area (Å²) in [6, 6.07) is 10.1. The molecule has 21 heavy (non-hydrogen) atoms. The fourth-order valence-electron chi connectivity index (χ4n) is 2.00. The van der Waals surface area contributed by atoms with Crippen LogP contribution < -0.4 is 5.43 Å². The molecule has 5 nitrogen and oxygen atoms in total. The maximum absolute atomic E-state index is 13.7. The van der Waals surface area contributed by atoms with Crippen LogP contribution in [0.3, 0.4) is 0 Å². The highest BCUT2D eigenvalue weighted by atomic mass is 32.1. The molecule has 2 N–H and O–H groups in total. The largest absolute Gasteiger partial charge is 0.459 e. The van der Waals surface area contributed by atoms with Crippen molar-refractivity contribution in [2.24, 2.45) is 0 Å². The summed E-state index contributed by atoms with van der Waals surface area (Å²) in [4.78, 5) is 0. The number of rotatable bonds is 4. The Kier molecular flexibility index (Phi) is 3.57. The molecule has 2 aromatic heterocycles. The van der Waals surface area contributed by atoms with Gasteiger partial charge in [0, 0.05) is 0 Å². The zero-order valence-corrected chi connectivity index (χ0v) is 12.1. The van der Waals surface area contributed by atoms with Crippen molar-refractivity contribution in [2.45, 2.75) is 13.5 Å². The molecule has 3 aromatic rings. The highest BCUT2D eigenvalue weighted by Crippen LogP contribution is 2.24. The lowest BCUT2D eigenvalue weighted by molar-refractivity contribution is 0.516. The highest BCUT2D eigenvalue weighted by Gasteiger charge is 2.09. The predicted octanol–water partition coefficient (Wildman–Crippen LogP) is 3.39. The number of nitrogens with zero attached hydrogens (tertiary/aromatic N) is 2. The van der Waals surface area contributed by atoms with Crippen LogP contribution in [0.1, 0.15) is 11.6 Å². The maximum atomic E-state index is 13.7. The normalized spacial score (nSPS) is 10.8. The molecule has 0 fully saturated rings. The second-order valence-electron chi connectivity index (χ2n) is 4.49. The van der Waals surface area contributed by atoms with Crippen molar-refractivity contribution < 1.29 is 8.81 Å². The summed E-state index contributed by atoms with van der Waals surface area (Å²) in [5.74, 6) is 1.59. The second kappa shape index (κ2) is 5.53. The molecule has 0 aliphatic carbocycles. The number of aromatic amines is 1. The summed E-state index contributed by atoms with van der Waals surface area (Å²) in [6.45, 7) is 2.25. The van der Waals surface area contributed by atoms with Crippen molar-refractivity contribution in [3.8, 4) is 11.3 Å². The number of aromatic nitrogens is 3. The molecular weight excluding hydrogens is 291 g/mol. The third-order valence-electron chi connectivity index (χ3n) is 3.05. The standard InChI is InChI=1S/C14H13FN4OS/c1-9-17-18-14(21)19(9)16-8-10-6-7-13(20-10)11-4-2-3-5-12(11)15/h2-7,16H,8H2,1H3,(H,18,21). The number of benzene rings is 1. The van der Waals surface area contributed by atoms with E-state index in [1.165, 1.54) is 6.07 Å². The van der Waals surface area contributed by atoms with Gasteiger partial charge in [0.2, 0.25) is 4.77 Å². The van der Waals surface area contributed by atoms with Crippen LogP contribution in [0.15, 0.2) is 40.8 Å². The van der Waals surface area contributed by atoms with Gasteiger partial charge in [-0.2, -0.15) is 5.10 Å². The quantitative estimate of drug-likeness (QED) is 0.725. The van der Waals surface area contributed by atoms with Crippen LogP contribution in [-0.4, -0.2) is 14.9 Å². The predicted molar refractivity (Wildman–Crippen MR) is 79.3 cm³/mol. The van der Waals surface area contributed by atoms with Crippen molar-refractivity contribution in [2.75, 3.05) is 5.43 Å². The highest BCUT2D eigenvalue weighted by molar-refractivity contribution is 7.71. The maximum Gasteiger partial charge on any atom is 0.214 e. The number of hydrogen-bond donors (Lipinski definition) is 2. The first kappa shape index (κ1) is 13.6. The molecule has 3 rings (SSSR count). The van der Waals surface area contributed by atoms with E-state index in [-0.39, 0.29) is 5.82 Å². The van der Waals surface area contributed by atoms with Crippen molar-refractivity contribution in [1.29, 1.82) is 0 Å². The van der Waals surface area contributed by atoms with Gasteiger partial charge in [-0.15, -0.1) is 0 Å². The summed E-state index contributed by atoms with van der Waals surface area (Å²) in [7, 11) is 0. The van der Waals surface area contributed by atoms with Crippen molar-refractivity contribution >= 4 is 12.2 Å². The molecule has 0 saturated heterocycles. The minimum Gasteiger partial charge on any atom is -0.459 e. The number of halogens is 1. The molecule has 1 aromatic carbocycles. The zero-order valence-electron chi connectivity index (χ0n) is 11.3. The smallest absolute Gasteiger partial charge is 0.214 e. The second-order valence-corrected chi connectivity index (χ2v) is 4.88. The minimum absolute atomic E-state index is 0.306. The molecule has 0 aliphatic rings. The molecule has 0 spiro atoms. The molecule has 0 unspecified atom stereocenters. The molecule has 108 valence electrons. The van der Waals surface area contributed by atoms with E-state index in [0.717, 1.165) is 5.82 Å². The Bertz CT molecular complexity index is 820. The molecule has 0 bridgehead atoms. The van der Waals surface area contributed by atoms with Gasteiger partial charge in [-0.05, 0) is 43.4 Å². The van der Waals surface area contributed by atoms with Gasteiger partial charge in [-0.25, -0.2) is 9.07 Å². The lowest BCUT2D eigenvalue weighted by Crippen LogP contribution is -2.15. The van der Waals surface area contributed by atoms with Gasteiger partial charge in [0.25, 0.3) is 0 Å². The number of hydrogen-bond acceptors (Lipinski definition) is 4. The Hall–Kier alpha value is -2.41. The Morgan fingerprint density at radius 2 is 2.14 bits per heavy atom. The zero-order chi connectivity index (χ0) is 14.8. The van der Waals surface area contributed by atoms with Crippen LogP contribution in [0.25, 0.3) is 11.3 Å². The van der Waals surface area contributed by atoms with Gasteiger partial charge in [0.05, 0.1) is 12.1 Å². The molecule has 7 heteroatoms. The first-order chi connectivity index (χ1) is 10.1. The summed E-state index contributed by atoms with van der Waals surface area (Å²) < 4.78 is 21.5. The Morgan fingerprint density at radius 3 is 2.86 bits per heavy atom. The molecule has 0 aliphatic heterocycles. The number of nitrogens with one attached hydrogen (secondary N) is 2. The van der Waals surface area contributed by atoms with E-state index in [1.807, 2.05) is 6.92 Å². The summed E-state index contributed by atoms with van der Waals surface area (Å²) >= 11 is 5.09. The lowest BCUT2D eigenvalue weighted by atomic mass is 10.1. The van der Waals surface area contributed by atoms with E-state index in [2.05, 4.69) is 15.6 Å². The number of H-pyrrole nitrogens is 1. The fraction of sp³-hybridized carbons (Fsp3) is 0.143. The third-order valence-corrected chi connectivity index (χ3v) is 3.33. The van der Waals surface area contributed by atoms with Gasteiger partial charge in [0.1, 0.15) is 23.2 Å². The van der Waals surface area contributed by atoms with E-state index in [9.17, 15) is 4.39 Å². The molecule has 2 heterocycles. The van der Waals surface area contributed by atoms with Crippen LogP contribution in [0, 0.1) is 17.5 Å². The molecule has 0 amide bonds. The number of furan rings is 1. The van der Waals surface area contributed by atoms with E-state index in [0.29, 0.717) is 28.4 Å². The summed E-state index contributed by atoms with van der Waals surface area (Å²) in [6.07, 6.45) is 0. The third kappa shape index (κ3) is 2.73. The molecule has 0 atom stereocenters. The van der Waals surface area contributed by atoms with Crippen LogP contribution in [0.5, 0.6) is 0 Å². The van der Waals surface area contributed by atoms with Gasteiger partial charge in [0.15, 0.2) is 0 Å². The van der Waals surface area contributed by atoms with Crippen LogP contribution in [0.4, 0.5) is 4.39 Å². The van der Waals surface area contributed by atoms with E-state index in [4.69, 9.17) is 16.6 Å². The Labute approximate surface area is 125 Å². The minimum atomic E-state index is -0.306. The van der Waals surface area contributed by atoms with Crippen LogP contribution in [0.2, 0.25) is 0 Å². The first-order valence-corrected chi connectivity index (χ1v) is 6.77.